The Morgan fingerprint density at radius 3 is 2.75 bits per heavy atom. The third-order valence-corrected chi connectivity index (χ3v) is 4.31. The smallest absolute Gasteiger partial charge is 0.173 e. The summed E-state index contributed by atoms with van der Waals surface area (Å²) < 4.78 is 6.19. The molecule has 1 aliphatic rings. The molecule has 0 saturated heterocycles. The zero-order chi connectivity index (χ0) is 11.4. The average molecular weight is 286 g/mol. The predicted molar refractivity (Wildman–Crippen MR) is 69.4 cm³/mol. The highest BCUT2D eigenvalue weighted by Crippen LogP contribution is 2.34. The lowest BCUT2D eigenvalue weighted by Crippen LogP contribution is -2.21. The largest absolute Gasteiger partial charge is 0.457 e. The monoisotopic (exact) mass is 285 g/mol. The van der Waals surface area contributed by atoms with Crippen LogP contribution < -0.4 is 5.32 Å². The van der Waals surface area contributed by atoms with E-state index in [4.69, 9.17) is 4.42 Å². The van der Waals surface area contributed by atoms with Crippen LogP contribution in [0, 0.1) is 5.92 Å². The van der Waals surface area contributed by atoms with Crippen molar-refractivity contribution >= 4 is 15.9 Å². The minimum absolute atomic E-state index is 0.427. The summed E-state index contributed by atoms with van der Waals surface area (Å²) in [5.74, 6) is 0.882. The van der Waals surface area contributed by atoms with Gasteiger partial charge in [-0.3, -0.25) is 0 Å². The first kappa shape index (κ1) is 12.2. The van der Waals surface area contributed by atoms with Crippen molar-refractivity contribution in [3.8, 4) is 0 Å². The van der Waals surface area contributed by atoms with E-state index in [9.17, 15) is 0 Å². The lowest BCUT2D eigenvalue weighted by atomic mass is 9.84. The van der Waals surface area contributed by atoms with E-state index in [1.54, 1.807) is 6.26 Å². The fourth-order valence-corrected chi connectivity index (χ4v) is 3.23. The summed E-state index contributed by atoms with van der Waals surface area (Å²) in [5.41, 5.74) is 1.26. The Hall–Kier alpha value is -0.280. The summed E-state index contributed by atoms with van der Waals surface area (Å²) in [7, 11) is 2.03. The normalized spacial score (nSPS) is 19.9. The van der Waals surface area contributed by atoms with E-state index in [0.717, 1.165) is 10.6 Å². The van der Waals surface area contributed by atoms with Gasteiger partial charge in [-0.1, -0.05) is 32.1 Å². The molecule has 2 nitrogen and oxygen atoms in total. The second kappa shape index (κ2) is 5.87. The highest BCUT2D eigenvalue weighted by atomic mass is 79.9. The van der Waals surface area contributed by atoms with Crippen LogP contribution in [0.15, 0.2) is 21.4 Å². The summed E-state index contributed by atoms with van der Waals surface area (Å²) in [4.78, 5) is 0. The van der Waals surface area contributed by atoms with Crippen molar-refractivity contribution in [3.63, 3.8) is 0 Å². The fraction of sp³-hybridized carbons (Fsp3) is 0.692. The first-order valence-electron chi connectivity index (χ1n) is 6.21. The molecule has 1 atom stereocenters. The molecule has 1 heterocycles. The summed E-state index contributed by atoms with van der Waals surface area (Å²) in [5, 5.41) is 3.40. The van der Waals surface area contributed by atoms with Crippen LogP contribution in [0.2, 0.25) is 0 Å². The molecule has 1 N–H and O–H groups in total. The van der Waals surface area contributed by atoms with Crippen molar-refractivity contribution in [2.24, 2.45) is 5.92 Å². The zero-order valence-electron chi connectivity index (χ0n) is 9.84. The molecule has 2 rings (SSSR count). The van der Waals surface area contributed by atoms with E-state index < -0.39 is 0 Å². The molecule has 0 radical (unpaired) electrons. The molecule has 1 fully saturated rings. The van der Waals surface area contributed by atoms with E-state index in [2.05, 4.69) is 27.3 Å². The van der Waals surface area contributed by atoms with Gasteiger partial charge in [-0.25, -0.2) is 0 Å². The first-order valence-corrected chi connectivity index (χ1v) is 7.00. The number of nitrogens with one attached hydrogen (secondary N) is 1. The van der Waals surface area contributed by atoms with Crippen LogP contribution in [0.5, 0.6) is 0 Å². The van der Waals surface area contributed by atoms with E-state index in [0.29, 0.717) is 6.04 Å². The molecule has 3 heteroatoms. The van der Waals surface area contributed by atoms with Crippen LogP contribution in [0.4, 0.5) is 0 Å². The van der Waals surface area contributed by atoms with Crippen LogP contribution >= 0.6 is 15.9 Å². The highest BCUT2D eigenvalue weighted by molar-refractivity contribution is 9.10. The second-order valence-electron chi connectivity index (χ2n) is 4.73. The molecule has 1 unspecified atom stereocenters. The number of rotatable bonds is 4. The molecule has 90 valence electrons. The molecule has 0 aliphatic heterocycles. The zero-order valence-corrected chi connectivity index (χ0v) is 11.4. The number of halogens is 1. The summed E-state index contributed by atoms with van der Waals surface area (Å²) in [6, 6.07) is 2.49. The van der Waals surface area contributed by atoms with Gasteiger partial charge < -0.3 is 9.73 Å². The number of hydrogen-bond donors (Lipinski definition) is 1. The SMILES string of the molecule is CNC(CC1CCCCC1)c1ccoc1Br. The summed E-state index contributed by atoms with van der Waals surface area (Å²) >= 11 is 3.47. The van der Waals surface area contributed by atoms with Crippen LogP contribution in [0.1, 0.15) is 50.1 Å². The molecular weight excluding hydrogens is 266 g/mol. The minimum Gasteiger partial charge on any atom is -0.457 e. The maximum absolute atomic E-state index is 5.31. The van der Waals surface area contributed by atoms with Gasteiger partial charge >= 0.3 is 0 Å². The quantitative estimate of drug-likeness (QED) is 0.894. The summed E-state index contributed by atoms with van der Waals surface area (Å²) in [6.45, 7) is 0. The molecule has 0 bridgehead atoms. The Morgan fingerprint density at radius 2 is 2.19 bits per heavy atom. The van der Waals surface area contributed by atoms with Crippen molar-refractivity contribution in [2.45, 2.75) is 44.6 Å². The van der Waals surface area contributed by atoms with Gasteiger partial charge in [0.05, 0.1) is 6.26 Å². The highest BCUT2D eigenvalue weighted by Gasteiger charge is 2.21. The van der Waals surface area contributed by atoms with Crippen molar-refractivity contribution in [1.29, 1.82) is 0 Å². The van der Waals surface area contributed by atoms with Gasteiger partial charge in [0.1, 0.15) is 0 Å². The van der Waals surface area contributed by atoms with E-state index >= 15 is 0 Å². The van der Waals surface area contributed by atoms with Gasteiger partial charge in [0.25, 0.3) is 0 Å². The van der Waals surface area contributed by atoms with Crippen LogP contribution in [0.3, 0.4) is 0 Å². The van der Waals surface area contributed by atoms with Gasteiger partial charge in [0, 0.05) is 11.6 Å². The maximum Gasteiger partial charge on any atom is 0.173 e. The minimum atomic E-state index is 0.427. The van der Waals surface area contributed by atoms with E-state index in [1.165, 1.54) is 44.1 Å². The predicted octanol–water partition coefficient (Wildman–Crippen LogP) is 4.27. The van der Waals surface area contributed by atoms with E-state index in [-0.39, 0.29) is 0 Å². The number of furan rings is 1. The fourth-order valence-electron chi connectivity index (χ4n) is 2.71. The summed E-state index contributed by atoms with van der Waals surface area (Å²) in [6.07, 6.45) is 10.0. The Bertz CT molecular complexity index is 317. The molecule has 16 heavy (non-hydrogen) atoms. The number of hydrogen-bond acceptors (Lipinski definition) is 2. The molecule has 1 aliphatic carbocycles. The first-order chi connectivity index (χ1) is 7.81. The van der Waals surface area contributed by atoms with E-state index in [1.807, 2.05) is 7.05 Å². The van der Waals surface area contributed by atoms with Gasteiger partial charge in [0.15, 0.2) is 4.67 Å². The lowest BCUT2D eigenvalue weighted by Gasteiger charge is -2.26. The molecule has 1 saturated carbocycles. The van der Waals surface area contributed by atoms with Gasteiger partial charge in [0.2, 0.25) is 0 Å². The Labute approximate surface area is 106 Å². The molecule has 1 aromatic heterocycles. The van der Waals surface area contributed by atoms with Crippen molar-refractivity contribution in [1.82, 2.24) is 5.32 Å². The van der Waals surface area contributed by atoms with Crippen LogP contribution in [0.25, 0.3) is 0 Å². The standard InChI is InChI=1S/C13H20BrNO/c1-15-12(11-7-8-16-13(11)14)9-10-5-3-2-4-6-10/h7-8,10,12,15H,2-6,9H2,1H3. The lowest BCUT2D eigenvalue weighted by molar-refractivity contribution is 0.304. The third kappa shape index (κ3) is 2.89. The maximum atomic E-state index is 5.31. The van der Waals surface area contributed by atoms with Gasteiger partial charge in [-0.05, 0) is 41.4 Å². The van der Waals surface area contributed by atoms with Gasteiger partial charge in [-0.15, -0.1) is 0 Å². The third-order valence-electron chi connectivity index (χ3n) is 3.66. The molecule has 0 aromatic carbocycles. The molecule has 0 spiro atoms. The average Bonchev–Trinajstić information content (AvgIpc) is 2.74. The van der Waals surface area contributed by atoms with Crippen molar-refractivity contribution in [2.75, 3.05) is 7.05 Å². The molecular formula is C13H20BrNO. The Kier molecular flexibility index (Phi) is 4.47. The van der Waals surface area contributed by atoms with Gasteiger partial charge in [-0.2, -0.15) is 0 Å². The van der Waals surface area contributed by atoms with Crippen LogP contribution in [-0.2, 0) is 0 Å². The molecule has 0 amide bonds. The Morgan fingerprint density at radius 1 is 1.44 bits per heavy atom. The van der Waals surface area contributed by atoms with Crippen LogP contribution in [-0.4, -0.2) is 7.05 Å². The molecule has 1 aromatic rings. The van der Waals surface area contributed by atoms with Crippen molar-refractivity contribution < 1.29 is 4.42 Å². The topological polar surface area (TPSA) is 25.2 Å². The van der Waals surface area contributed by atoms with Crippen molar-refractivity contribution in [3.05, 3.63) is 22.6 Å². The Balaban J connectivity index is 1.97. The second-order valence-corrected chi connectivity index (χ2v) is 5.45.